The Hall–Kier alpha value is -5.14. The van der Waals surface area contributed by atoms with Gasteiger partial charge in [-0.1, -0.05) is 155 Å². The van der Waals surface area contributed by atoms with E-state index in [0.717, 1.165) is 11.8 Å². The van der Waals surface area contributed by atoms with Crippen LogP contribution in [0.25, 0.3) is 43.8 Å². The van der Waals surface area contributed by atoms with Gasteiger partial charge in [-0.2, -0.15) is 0 Å². The average Bonchev–Trinajstić information content (AvgIpc) is 3.94. The lowest BCUT2D eigenvalue weighted by Crippen LogP contribution is -2.19. The molecule has 4 aliphatic carbocycles. The van der Waals surface area contributed by atoms with Crippen LogP contribution >= 0.6 is 0 Å². The molecule has 4 aliphatic rings. The first-order valence-corrected chi connectivity index (χ1v) is 21.2. The number of hydrogen-bond donors (Lipinski definition) is 0. The molecular formula is C54H51N. The summed E-state index contributed by atoms with van der Waals surface area (Å²) in [6.07, 6.45) is 12.3. The standard InChI is InChI=1S/C54H51N/c1-54(2)49-22-11-10-19-44(49)47-30-32-51(52(53(47)54)46-21-12-16-38-15-6-7-17-41(38)46)55(40-27-25-37(26-28-40)36-13-4-3-5-14-36)50-31-29-43(42-18-8-9-20-45(42)50)48-34-35-23-24-39(48)33-35/h6-12,15-22,25-32,35-36,39,48H,3-5,13-14,23-24,33-34H2,1-2H3. The van der Waals surface area contributed by atoms with Gasteiger partial charge < -0.3 is 4.90 Å². The van der Waals surface area contributed by atoms with Gasteiger partial charge in [0.15, 0.2) is 0 Å². The molecule has 7 aromatic carbocycles. The summed E-state index contributed by atoms with van der Waals surface area (Å²) in [5.74, 6) is 3.09. The molecule has 55 heavy (non-hydrogen) atoms. The largest absolute Gasteiger partial charge is 0.309 e. The highest BCUT2D eigenvalue weighted by Gasteiger charge is 2.42. The van der Waals surface area contributed by atoms with E-state index >= 15 is 0 Å². The second kappa shape index (κ2) is 13.0. The molecule has 3 atom stereocenters. The molecule has 3 unspecified atom stereocenters. The molecule has 2 bridgehead atoms. The fourth-order valence-electron chi connectivity index (χ4n) is 12.0. The maximum Gasteiger partial charge on any atom is 0.0544 e. The van der Waals surface area contributed by atoms with Crippen LogP contribution in [0.15, 0.2) is 140 Å². The second-order valence-corrected chi connectivity index (χ2v) is 17.8. The van der Waals surface area contributed by atoms with Crippen LogP contribution in [0.5, 0.6) is 0 Å². The van der Waals surface area contributed by atoms with Crippen molar-refractivity contribution in [1.82, 2.24) is 0 Å². The first kappa shape index (κ1) is 33.2. The fourth-order valence-corrected chi connectivity index (χ4v) is 12.0. The minimum absolute atomic E-state index is 0.182. The monoisotopic (exact) mass is 713 g/mol. The Balaban J connectivity index is 1.19. The van der Waals surface area contributed by atoms with Gasteiger partial charge in [-0.3, -0.25) is 0 Å². The Bertz CT molecular complexity index is 2580. The minimum Gasteiger partial charge on any atom is -0.309 e. The molecule has 0 aromatic heterocycles. The molecule has 1 nitrogen and oxygen atoms in total. The predicted molar refractivity (Wildman–Crippen MR) is 233 cm³/mol. The number of benzene rings is 7. The van der Waals surface area contributed by atoms with Gasteiger partial charge in [0.05, 0.1) is 11.4 Å². The Morgan fingerprint density at radius 2 is 1.24 bits per heavy atom. The molecule has 0 spiro atoms. The zero-order chi connectivity index (χ0) is 36.7. The van der Waals surface area contributed by atoms with Crippen LogP contribution in [0.2, 0.25) is 0 Å². The highest BCUT2D eigenvalue weighted by atomic mass is 15.1. The molecule has 11 rings (SSSR count). The smallest absolute Gasteiger partial charge is 0.0544 e. The zero-order valence-corrected chi connectivity index (χ0v) is 32.4. The van der Waals surface area contributed by atoms with Gasteiger partial charge in [0.25, 0.3) is 0 Å². The van der Waals surface area contributed by atoms with E-state index in [4.69, 9.17) is 0 Å². The molecule has 0 saturated heterocycles. The average molecular weight is 714 g/mol. The minimum atomic E-state index is -0.182. The van der Waals surface area contributed by atoms with Crippen LogP contribution in [-0.2, 0) is 5.41 Å². The summed E-state index contributed by atoms with van der Waals surface area (Å²) in [5.41, 5.74) is 14.8. The van der Waals surface area contributed by atoms with E-state index in [1.54, 1.807) is 5.56 Å². The number of anilines is 3. The van der Waals surface area contributed by atoms with E-state index in [1.807, 2.05) is 0 Å². The van der Waals surface area contributed by atoms with E-state index in [2.05, 4.69) is 158 Å². The molecular weight excluding hydrogens is 663 g/mol. The van der Waals surface area contributed by atoms with Crippen molar-refractivity contribution >= 4 is 38.6 Å². The summed E-state index contributed by atoms with van der Waals surface area (Å²) in [4.78, 5) is 2.63. The van der Waals surface area contributed by atoms with E-state index in [0.29, 0.717) is 11.8 Å². The third kappa shape index (κ3) is 5.26. The van der Waals surface area contributed by atoms with Crippen LogP contribution in [0, 0.1) is 11.8 Å². The maximum absolute atomic E-state index is 2.63. The number of hydrogen-bond acceptors (Lipinski definition) is 1. The Kier molecular flexibility index (Phi) is 7.84. The van der Waals surface area contributed by atoms with Crippen molar-refractivity contribution in [3.8, 4) is 22.3 Å². The molecule has 1 heteroatoms. The summed E-state index contributed by atoms with van der Waals surface area (Å²) >= 11 is 0. The quantitative estimate of drug-likeness (QED) is 0.166. The third-order valence-electron chi connectivity index (χ3n) is 14.5. The van der Waals surface area contributed by atoms with Crippen molar-refractivity contribution in [1.29, 1.82) is 0 Å². The van der Waals surface area contributed by atoms with Crippen molar-refractivity contribution in [2.24, 2.45) is 11.8 Å². The van der Waals surface area contributed by atoms with Gasteiger partial charge in [0, 0.05) is 22.1 Å². The molecule has 3 fully saturated rings. The molecule has 0 amide bonds. The summed E-state index contributed by atoms with van der Waals surface area (Å²) in [6.45, 7) is 4.89. The van der Waals surface area contributed by atoms with E-state index in [9.17, 15) is 0 Å². The summed E-state index contributed by atoms with van der Waals surface area (Å²) < 4.78 is 0. The van der Waals surface area contributed by atoms with Crippen molar-refractivity contribution in [3.05, 3.63) is 162 Å². The molecule has 0 heterocycles. The molecule has 3 saturated carbocycles. The lowest BCUT2D eigenvalue weighted by molar-refractivity contribution is 0.422. The van der Waals surface area contributed by atoms with Gasteiger partial charge in [0.1, 0.15) is 0 Å². The van der Waals surface area contributed by atoms with Gasteiger partial charge in [-0.25, -0.2) is 0 Å². The molecule has 0 N–H and O–H groups in total. The topological polar surface area (TPSA) is 3.24 Å². The van der Waals surface area contributed by atoms with E-state index < -0.39 is 0 Å². The molecule has 0 radical (unpaired) electrons. The number of fused-ring (bicyclic) bond motifs is 7. The SMILES string of the molecule is CC1(C)c2ccccc2-c2ccc(N(c3ccc(C4CCCCC4)cc3)c3ccc(C4CC5CCC4C5)c4ccccc34)c(-c3cccc4ccccc34)c21. The fraction of sp³-hybridized carbons (Fsp3) is 0.296. The summed E-state index contributed by atoms with van der Waals surface area (Å²) in [7, 11) is 0. The van der Waals surface area contributed by atoms with Crippen molar-refractivity contribution in [2.45, 2.75) is 88.9 Å². The molecule has 0 aliphatic heterocycles. The first-order chi connectivity index (χ1) is 27.0. The first-order valence-electron chi connectivity index (χ1n) is 21.2. The van der Waals surface area contributed by atoms with Crippen LogP contribution in [-0.4, -0.2) is 0 Å². The van der Waals surface area contributed by atoms with Gasteiger partial charge in [0.2, 0.25) is 0 Å². The van der Waals surface area contributed by atoms with Gasteiger partial charge >= 0.3 is 0 Å². The normalized spacial score (nSPS) is 21.2. The van der Waals surface area contributed by atoms with Gasteiger partial charge in [-0.05, 0) is 135 Å². The second-order valence-electron chi connectivity index (χ2n) is 17.8. The third-order valence-corrected chi connectivity index (χ3v) is 14.5. The van der Waals surface area contributed by atoms with Crippen LogP contribution < -0.4 is 4.90 Å². The Labute approximate surface area is 327 Å². The van der Waals surface area contributed by atoms with E-state index in [-0.39, 0.29) is 5.41 Å². The summed E-state index contributed by atoms with van der Waals surface area (Å²) in [6, 6.07) is 54.0. The van der Waals surface area contributed by atoms with Crippen molar-refractivity contribution < 1.29 is 0 Å². The van der Waals surface area contributed by atoms with E-state index in [1.165, 1.54) is 135 Å². The lowest BCUT2D eigenvalue weighted by atomic mass is 9.77. The zero-order valence-electron chi connectivity index (χ0n) is 32.4. The van der Waals surface area contributed by atoms with Crippen LogP contribution in [0.1, 0.15) is 106 Å². The van der Waals surface area contributed by atoms with Gasteiger partial charge in [-0.15, -0.1) is 0 Å². The van der Waals surface area contributed by atoms with Crippen molar-refractivity contribution in [2.75, 3.05) is 4.90 Å². The summed E-state index contributed by atoms with van der Waals surface area (Å²) in [5, 5.41) is 5.37. The van der Waals surface area contributed by atoms with Crippen molar-refractivity contribution in [3.63, 3.8) is 0 Å². The highest BCUT2D eigenvalue weighted by Crippen LogP contribution is 2.58. The predicted octanol–water partition coefficient (Wildman–Crippen LogP) is 15.4. The number of rotatable bonds is 6. The molecule has 272 valence electrons. The highest BCUT2D eigenvalue weighted by molar-refractivity contribution is 6.08. The van der Waals surface area contributed by atoms with Crippen LogP contribution in [0.3, 0.4) is 0 Å². The van der Waals surface area contributed by atoms with Crippen LogP contribution in [0.4, 0.5) is 17.1 Å². The Morgan fingerprint density at radius 1 is 0.527 bits per heavy atom. The molecule has 7 aromatic rings. The lowest BCUT2D eigenvalue weighted by Gasteiger charge is -2.34. The maximum atomic E-state index is 2.63. The Morgan fingerprint density at radius 3 is 2.04 bits per heavy atom. The number of nitrogens with zero attached hydrogens (tertiary/aromatic N) is 1.